The molecule has 3 aromatic rings. The van der Waals surface area contributed by atoms with Gasteiger partial charge in [0.2, 0.25) is 10.9 Å². The fourth-order valence-corrected chi connectivity index (χ4v) is 4.75. The smallest absolute Gasteiger partial charge is 0.286 e. The molecule has 1 aliphatic heterocycles. The lowest BCUT2D eigenvalue weighted by Crippen LogP contribution is -2.38. The van der Waals surface area contributed by atoms with Gasteiger partial charge in [-0.15, -0.1) is 10.2 Å². The average Bonchev–Trinajstić information content (AvgIpc) is 3.34. The van der Waals surface area contributed by atoms with Crippen molar-refractivity contribution in [3.8, 4) is 0 Å². The number of nitrogens with zero attached hydrogens (tertiary/aromatic N) is 3. The van der Waals surface area contributed by atoms with Crippen LogP contribution in [0.2, 0.25) is 0 Å². The first-order valence-corrected chi connectivity index (χ1v) is 12.6. The Morgan fingerprint density at radius 2 is 1.76 bits per heavy atom. The van der Waals surface area contributed by atoms with Gasteiger partial charge in [-0.05, 0) is 56.5 Å². The van der Waals surface area contributed by atoms with Crippen LogP contribution < -0.4 is 10.6 Å². The summed E-state index contributed by atoms with van der Waals surface area (Å²) >= 11 is 1.23. The first kappa shape index (κ1) is 24.0. The van der Waals surface area contributed by atoms with Gasteiger partial charge in [-0.3, -0.25) is 14.5 Å². The van der Waals surface area contributed by atoms with E-state index in [1.54, 1.807) is 0 Å². The molecule has 2 N–H and O–H groups in total. The highest BCUT2D eigenvalue weighted by Gasteiger charge is 2.20. The van der Waals surface area contributed by atoms with Crippen molar-refractivity contribution < 1.29 is 9.59 Å². The van der Waals surface area contributed by atoms with Crippen molar-refractivity contribution in [1.82, 2.24) is 20.4 Å². The summed E-state index contributed by atoms with van der Waals surface area (Å²) in [5.41, 5.74) is 3.36. The number of carbonyl (C=O) groups is 2. The van der Waals surface area contributed by atoms with Crippen LogP contribution in [0.25, 0.3) is 0 Å². The highest BCUT2D eigenvalue weighted by molar-refractivity contribution is 7.13. The number of anilines is 1. The van der Waals surface area contributed by atoms with E-state index in [9.17, 15) is 9.59 Å². The monoisotopic (exact) mass is 477 g/mol. The van der Waals surface area contributed by atoms with Crippen molar-refractivity contribution >= 4 is 28.8 Å². The maximum Gasteiger partial charge on any atom is 0.286 e. The van der Waals surface area contributed by atoms with E-state index in [0.717, 1.165) is 39.0 Å². The number of aryl methyl sites for hydroxylation is 2. The van der Waals surface area contributed by atoms with Gasteiger partial charge in [0.25, 0.3) is 5.91 Å². The molecule has 0 saturated carbocycles. The van der Waals surface area contributed by atoms with Gasteiger partial charge in [-0.25, -0.2) is 0 Å². The predicted molar refractivity (Wildman–Crippen MR) is 135 cm³/mol. The summed E-state index contributed by atoms with van der Waals surface area (Å²) in [6, 6.07) is 18.0. The Hall–Kier alpha value is -3.10. The van der Waals surface area contributed by atoms with Gasteiger partial charge in [0, 0.05) is 31.6 Å². The summed E-state index contributed by atoms with van der Waals surface area (Å²) in [6.45, 7) is 5.95. The van der Waals surface area contributed by atoms with Crippen molar-refractivity contribution in [2.45, 2.75) is 39.2 Å². The van der Waals surface area contributed by atoms with Crippen LogP contribution in [0.15, 0.2) is 54.6 Å². The molecule has 7 nitrogen and oxygen atoms in total. The Kier molecular flexibility index (Phi) is 8.38. The van der Waals surface area contributed by atoms with Crippen molar-refractivity contribution in [3.63, 3.8) is 0 Å². The zero-order valence-electron chi connectivity index (χ0n) is 19.5. The van der Waals surface area contributed by atoms with Crippen molar-refractivity contribution in [2.24, 2.45) is 5.92 Å². The summed E-state index contributed by atoms with van der Waals surface area (Å²) in [6.07, 6.45) is 3.03. The van der Waals surface area contributed by atoms with E-state index < -0.39 is 0 Å². The van der Waals surface area contributed by atoms with Crippen LogP contribution in [0.3, 0.4) is 0 Å². The summed E-state index contributed by atoms with van der Waals surface area (Å²) < 4.78 is 0. The highest BCUT2D eigenvalue weighted by atomic mass is 32.1. The number of aromatic nitrogens is 2. The molecule has 1 aromatic heterocycles. The number of hydrogen-bond donors (Lipinski definition) is 2. The SMILES string of the molecule is Cc1ccc(CN2CCC(CNC(=O)CCc3nnc(C(=O)Nc4ccccc4)s3)CC2)cc1. The molecule has 0 bridgehead atoms. The maximum absolute atomic E-state index is 12.3. The second-order valence-electron chi connectivity index (χ2n) is 8.83. The molecule has 0 aliphatic carbocycles. The Morgan fingerprint density at radius 3 is 2.50 bits per heavy atom. The molecule has 2 aromatic carbocycles. The molecule has 0 radical (unpaired) electrons. The largest absolute Gasteiger partial charge is 0.356 e. The number of piperidine rings is 1. The second kappa shape index (κ2) is 11.9. The van der Waals surface area contributed by atoms with Gasteiger partial charge in [0.15, 0.2) is 0 Å². The Balaban J connectivity index is 1.13. The zero-order valence-corrected chi connectivity index (χ0v) is 20.3. The second-order valence-corrected chi connectivity index (χ2v) is 9.89. The number of amides is 2. The van der Waals surface area contributed by atoms with Gasteiger partial charge in [-0.2, -0.15) is 0 Å². The molecule has 0 spiro atoms. The first-order chi connectivity index (χ1) is 16.5. The molecule has 2 amide bonds. The highest BCUT2D eigenvalue weighted by Crippen LogP contribution is 2.19. The van der Waals surface area contributed by atoms with Crippen LogP contribution in [-0.2, 0) is 17.8 Å². The maximum atomic E-state index is 12.3. The molecule has 0 unspecified atom stereocenters. The molecule has 1 aliphatic rings. The molecule has 178 valence electrons. The molecule has 4 rings (SSSR count). The lowest BCUT2D eigenvalue weighted by atomic mass is 9.96. The van der Waals surface area contributed by atoms with Crippen molar-refractivity contribution in [1.29, 1.82) is 0 Å². The number of carbonyl (C=O) groups excluding carboxylic acids is 2. The van der Waals surface area contributed by atoms with E-state index in [1.807, 2.05) is 30.3 Å². The van der Waals surface area contributed by atoms with Crippen LogP contribution in [0.4, 0.5) is 5.69 Å². The first-order valence-electron chi connectivity index (χ1n) is 11.8. The summed E-state index contributed by atoms with van der Waals surface area (Å²) in [7, 11) is 0. The lowest BCUT2D eigenvalue weighted by molar-refractivity contribution is -0.121. The quantitative estimate of drug-likeness (QED) is 0.485. The molecule has 8 heteroatoms. The molecular weight excluding hydrogens is 446 g/mol. The molecule has 1 saturated heterocycles. The van der Waals surface area contributed by atoms with Crippen LogP contribution in [-0.4, -0.2) is 46.5 Å². The molecule has 1 fully saturated rings. The lowest BCUT2D eigenvalue weighted by Gasteiger charge is -2.32. The number of benzene rings is 2. The van der Waals surface area contributed by atoms with E-state index in [4.69, 9.17) is 0 Å². The number of likely N-dealkylation sites (tertiary alicyclic amines) is 1. The van der Waals surface area contributed by atoms with Crippen LogP contribution in [0.5, 0.6) is 0 Å². The van der Waals surface area contributed by atoms with Crippen molar-refractivity contribution in [3.05, 3.63) is 75.7 Å². The molecule has 2 heterocycles. The van der Waals surface area contributed by atoms with Gasteiger partial charge in [-0.1, -0.05) is 59.4 Å². The Labute approximate surface area is 204 Å². The van der Waals surface area contributed by atoms with E-state index in [1.165, 1.54) is 22.5 Å². The van der Waals surface area contributed by atoms with E-state index in [2.05, 4.69) is 56.9 Å². The molecule has 34 heavy (non-hydrogen) atoms. The van der Waals surface area contributed by atoms with E-state index in [-0.39, 0.29) is 11.8 Å². The van der Waals surface area contributed by atoms with Crippen LogP contribution in [0, 0.1) is 12.8 Å². The minimum absolute atomic E-state index is 0.0209. The Bertz CT molecular complexity index is 1080. The normalized spacial score (nSPS) is 14.6. The summed E-state index contributed by atoms with van der Waals surface area (Å²) in [5, 5.41) is 14.9. The number of hydrogen-bond acceptors (Lipinski definition) is 6. The topological polar surface area (TPSA) is 87.2 Å². The minimum atomic E-state index is -0.284. The number of rotatable bonds is 9. The summed E-state index contributed by atoms with van der Waals surface area (Å²) in [4.78, 5) is 27.1. The van der Waals surface area contributed by atoms with Crippen LogP contribution in [0.1, 0.15) is 45.2 Å². The minimum Gasteiger partial charge on any atom is -0.356 e. The van der Waals surface area contributed by atoms with Gasteiger partial charge >= 0.3 is 0 Å². The van der Waals surface area contributed by atoms with Crippen LogP contribution >= 0.6 is 11.3 Å². The average molecular weight is 478 g/mol. The third kappa shape index (κ3) is 7.20. The van der Waals surface area contributed by atoms with Gasteiger partial charge in [0.05, 0.1) is 0 Å². The molecule has 0 atom stereocenters. The molecular formula is C26H31N5O2S. The summed E-state index contributed by atoms with van der Waals surface area (Å²) in [5.74, 6) is 0.258. The number of para-hydroxylation sites is 1. The van der Waals surface area contributed by atoms with Gasteiger partial charge in [0.1, 0.15) is 5.01 Å². The van der Waals surface area contributed by atoms with E-state index >= 15 is 0 Å². The number of nitrogens with one attached hydrogen (secondary N) is 2. The Morgan fingerprint density at radius 1 is 1.03 bits per heavy atom. The third-order valence-corrected chi connectivity index (χ3v) is 7.06. The van der Waals surface area contributed by atoms with Crippen molar-refractivity contribution in [2.75, 3.05) is 25.0 Å². The predicted octanol–water partition coefficient (Wildman–Crippen LogP) is 4.06. The third-order valence-electron chi connectivity index (χ3n) is 6.08. The van der Waals surface area contributed by atoms with Gasteiger partial charge < -0.3 is 10.6 Å². The zero-order chi connectivity index (χ0) is 23.8. The van der Waals surface area contributed by atoms with E-state index in [0.29, 0.717) is 34.5 Å². The standard InChI is InChI=1S/C26H31N5O2S/c1-19-7-9-21(10-8-19)18-31-15-13-20(14-16-31)17-27-23(32)11-12-24-29-30-26(34-24)25(33)28-22-5-3-2-4-6-22/h2-10,20H,11-18H2,1H3,(H,27,32)(H,28,33). The fraction of sp³-hybridized carbons (Fsp3) is 0.385. The fourth-order valence-electron chi connectivity index (χ4n) is 4.02.